The zero-order valence-corrected chi connectivity index (χ0v) is 21.5. The van der Waals surface area contributed by atoms with E-state index in [-0.39, 0.29) is 35.0 Å². The number of hydrogen-bond donors (Lipinski definition) is 2. The lowest BCUT2D eigenvalue weighted by atomic mass is 9.82. The van der Waals surface area contributed by atoms with Crippen LogP contribution in [0.5, 0.6) is 0 Å². The summed E-state index contributed by atoms with van der Waals surface area (Å²) >= 11 is 1.12. The number of benzene rings is 2. The van der Waals surface area contributed by atoms with Crippen molar-refractivity contribution >= 4 is 29.3 Å². The van der Waals surface area contributed by atoms with Crippen molar-refractivity contribution in [1.29, 1.82) is 5.26 Å². The molecule has 2 aromatic rings. The Morgan fingerprint density at radius 2 is 1.89 bits per heavy atom. The van der Waals surface area contributed by atoms with Gasteiger partial charge in [0.15, 0.2) is 0 Å². The quantitative estimate of drug-likeness (QED) is 0.361. The molecule has 0 radical (unpaired) electrons. The van der Waals surface area contributed by atoms with E-state index in [4.69, 9.17) is 4.74 Å². The number of thioether (sulfide) groups is 1. The first-order chi connectivity index (χ1) is 17.2. The number of anilines is 1. The second kappa shape index (κ2) is 11.7. The molecule has 8 heteroatoms. The highest BCUT2D eigenvalue weighted by molar-refractivity contribution is 8.03. The molecule has 1 atom stereocenters. The number of nitrogens with one attached hydrogen (secondary N) is 2. The minimum atomic E-state index is -0.984. The molecule has 0 saturated heterocycles. The van der Waals surface area contributed by atoms with Gasteiger partial charge in [-0.15, -0.1) is 0 Å². The number of allylic oxidation sites excluding steroid dienone is 2. The summed E-state index contributed by atoms with van der Waals surface area (Å²) in [6.07, 6.45) is 1.43. The highest BCUT2D eigenvalue weighted by Gasteiger charge is 2.37. The molecule has 0 saturated carbocycles. The van der Waals surface area contributed by atoms with Gasteiger partial charge in [-0.3, -0.25) is 4.79 Å². The fraction of sp³-hybridized carbons (Fsp3) is 0.250. The molecule has 1 heterocycles. The molecule has 1 amide bonds. The monoisotopic (exact) mass is 505 g/mol. The summed E-state index contributed by atoms with van der Waals surface area (Å²) in [5.74, 6) is -2.45. The highest BCUT2D eigenvalue weighted by atomic mass is 32.2. The Labute approximate surface area is 214 Å². The lowest BCUT2D eigenvalue weighted by Gasteiger charge is -2.29. The van der Waals surface area contributed by atoms with Crippen LogP contribution in [-0.2, 0) is 14.3 Å². The van der Waals surface area contributed by atoms with Gasteiger partial charge in [0.1, 0.15) is 12.4 Å². The van der Waals surface area contributed by atoms with Crippen LogP contribution in [0.2, 0.25) is 0 Å². The Morgan fingerprint density at radius 3 is 2.50 bits per heavy atom. The molecular formula is C28H28FN3O3S. The maximum absolute atomic E-state index is 14.9. The zero-order valence-electron chi connectivity index (χ0n) is 20.7. The largest absolute Gasteiger partial charge is 0.458 e. The van der Waals surface area contributed by atoms with Crippen molar-refractivity contribution < 1.29 is 18.7 Å². The van der Waals surface area contributed by atoms with Crippen LogP contribution < -0.4 is 10.6 Å². The van der Waals surface area contributed by atoms with Crippen molar-refractivity contribution in [3.63, 3.8) is 0 Å². The number of carbonyl (C=O) groups is 2. The van der Waals surface area contributed by atoms with Crippen molar-refractivity contribution in [1.82, 2.24) is 5.32 Å². The SMILES string of the molecule is C=CCOC(=O)C1=C(C)NC(SCC(=O)Nc2c(C)cc(C)cc2C)=C(C#N)[C@@H]1c1ccccc1F. The topological polar surface area (TPSA) is 91.2 Å². The second-order valence-electron chi connectivity index (χ2n) is 8.47. The van der Waals surface area contributed by atoms with Gasteiger partial charge in [0.25, 0.3) is 0 Å². The smallest absolute Gasteiger partial charge is 0.337 e. The maximum atomic E-state index is 14.9. The molecule has 2 aromatic carbocycles. The standard InChI is InChI=1S/C28H28FN3O3S/c1-6-11-35-28(34)24-19(5)31-27(21(14-30)25(24)20-9-7-8-10-22(20)29)36-15-23(33)32-26-17(3)12-16(2)13-18(26)4/h6-10,12-13,25,31H,1,11,15H2,2-5H3,(H,32,33)/t25-/m0/s1. The van der Waals surface area contributed by atoms with Crippen molar-refractivity contribution in [2.45, 2.75) is 33.6 Å². The zero-order chi connectivity index (χ0) is 26.4. The van der Waals surface area contributed by atoms with Gasteiger partial charge >= 0.3 is 5.97 Å². The molecule has 0 unspecified atom stereocenters. The van der Waals surface area contributed by atoms with Gasteiger partial charge in [0.2, 0.25) is 5.91 Å². The fourth-order valence-corrected chi connectivity index (χ4v) is 5.11. The Morgan fingerprint density at radius 1 is 1.22 bits per heavy atom. The number of ether oxygens (including phenoxy) is 1. The number of nitriles is 1. The highest BCUT2D eigenvalue weighted by Crippen LogP contribution is 2.41. The number of nitrogens with zero attached hydrogens (tertiary/aromatic N) is 1. The third kappa shape index (κ3) is 5.86. The summed E-state index contributed by atoms with van der Waals surface area (Å²) in [5.41, 5.74) is 4.65. The van der Waals surface area contributed by atoms with Crippen LogP contribution in [0, 0.1) is 37.9 Å². The number of rotatable bonds is 8. The molecular weight excluding hydrogens is 477 g/mol. The van der Waals surface area contributed by atoms with Crippen LogP contribution in [0.3, 0.4) is 0 Å². The molecule has 3 rings (SSSR count). The van der Waals surface area contributed by atoms with E-state index in [0.717, 1.165) is 34.1 Å². The average molecular weight is 506 g/mol. The van der Waals surface area contributed by atoms with Gasteiger partial charge in [0.05, 0.1) is 33.9 Å². The number of hydrogen-bond acceptors (Lipinski definition) is 6. The number of aryl methyl sites for hydroxylation is 3. The molecule has 2 N–H and O–H groups in total. The van der Waals surface area contributed by atoms with Crippen LogP contribution >= 0.6 is 11.8 Å². The maximum Gasteiger partial charge on any atom is 0.337 e. The number of carbonyl (C=O) groups excluding carboxylic acids is 2. The fourth-order valence-electron chi connectivity index (χ4n) is 4.22. The summed E-state index contributed by atoms with van der Waals surface area (Å²) in [4.78, 5) is 25.7. The van der Waals surface area contributed by atoms with Gasteiger partial charge in [-0.05, 0) is 44.9 Å². The molecule has 0 fully saturated rings. The molecule has 0 aromatic heterocycles. The number of halogens is 1. The Hall–Kier alpha value is -3.83. The summed E-state index contributed by atoms with van der Waals surface area (Å²) in [5, 5.41) is 16.5. The number of esters is 1. The molecule has 36 heavy (non-hydrogen) atoms. The first-order valence-electron chi connectivity index (χ1n) is 11.3. The molecule has 0 spiro atoms. The predicted octanol–water partition coefficient (Wildman–Crippen LogP) is 5.55. The first-order valence-corrected chi connectivity index (χ1v) is 12.3. The van der Waals surface area contributed by atoms with E-state index >= 15 is 0 Å². The van der Waals surface area contributed by atoms with E-state index in [1.165, 1.54) is 24.3 Å². The normalized spacial score (nSPS) is 15.2. The average Bonchev–Trinajstić information content (AvgIpc) is 2.83. The van der Waals surface area contributed by atoms with Crippen LogP contribution in [0.25, 0.3) is 0 Å². The lowest BCUT2D eigenvalue weighted by Crippen LogP contribution is -2.30. The Kier molecular flexibility index (Phi) is 8.73. The predicted molar refractivity (Wildman–Crippen MR) is 141 cm³/mol. The summed E-state index contributed by atoms with van der Waals surface area (Å²) in [6.45, 7) is 11.0. The Balaban J connectivity index is 1.92. The van der Waals surface area contributed by atoms with Crippen molar-refractivity contribution in [3.8, 4) is 6.07 Å². The van der Waals surface area contributed by atoms with Crippen LogP contribution in [0.4, 0.5) is 10.1 Å². The molecule has 0 aliphatic carbocycles. The number of amides is 1. The minimum absolute atomic E-state index is 0.00772. The van der Waals surface area contributed by atoms with Crippen LogP contribution in [-0.4, -0.2) is 24.2 Å². The summed E-state index contributed by atoms with van der Waals surface area (Å²) in [6, 6.07) is 12.1. The second-order valence-corrected chi connectivity index (χ2v) is 9.46. The summed E-state index contributed by atoms with van der Waals surface area (Å²) < 4.78 is 20.1. The minimum Gasteiger partial charge on any atom is -0.458 e. The third-order valence-corrected chi connectivity index (χ3v) is 6.72. The van der Waals surface area contributed by atoms with Gasteiger partial charge in [-0.25, -0.2) is 9.18 Å². The van der Waals surface area contributed by atoms with Crippen molar-refractivity contribution in [2.24, 2.45) is 0 Å². The van der Waals surface area contributed by atoms with Crippen LogP contribution in [0.15, 0.2) is 70.9 Å². The Bertz CT molecular complexity index is 1300. The third-order valence-electron chi connectivity index (χ3n) is 5.70. The number of dihydropyridines is 1. The molecule has 0 bridgehead atoms. The van der Waals surface area contributed by atoms with E-state index < -0.39 is 17.7 Å². The molecule has 6 nitrogen and oxygen atoms in total. The molecule has 186 valence electrons. The van der Waals surface area contributed by atoms with Gasteiger partial charge in [0, 0.05) is 16.9 Å². The molecule has 1 aliphatic rings. The van der Waals surface area contributed by atoms with E-state index in [1.54, 1.807) is 13.0 Å². The lowest BCUT2D eigenvalue weighted by molar-refractivity contribution is -0.138. The van der Waals surface area contributed by atoms with E-state index in [1.807, 2.05) is 32.9 Å². The van der Waals surface area contributed by atoms with Crippen molar-refractivity contribution in [2.75, 3.05) is 17.7 Å². The van der Waals surface area contributed by atoms with Gasteiger partial charge < -0.3 is 15.4 Å². The van der Waals surface area contributed by atoms with Crippen molar-refractivity contribution in [3.05, 3.63) is 99.0 Å². The van der Waals surface area contributed by atoms with E-state index in [2.05, 4.69) is 23.3 Å². The van der Waals surface area contributed by atoms with Gasteiger partial charge in [-0.1, -0.05) is 60.3 Å². The van der Waals surface area contributed by atoms with E-state index in [0.29, 0.717) is 10.7 Å². The van der Waals surface area contributed by atoms with Gasteiger partial charge in [-0.2, -0.15) is 5.26 Å². The first kappa shape index (κ1) is 26.8. The van der Waals surface area contributed by atoms with Crippen LogP contribution in [0.1, 0.15) is 35.1 Å². The molecule has 1 aliphatic heterocycles. The summed E-state index contributed by atoms with van der Waals surface area (Å²) in [7, 11) is 0. The van der Waals surface area contributed by atoms with E-state index in [9.17, 15) is 19.2 Å².